The molecule has 1 nitrogen and oxygen atoms in total. The molecule has 16 heavy (non-hydrogen) atoms. The lowest BCUT2D eigenvalue weighted by Crippen LogP contribution is -2.30. The van der Waals surface area contributed by atoms with E-state index in [0.717, 1.165) is 12.1 Å². The van der Waals surface area contributed by atoms with Crippen molar-refractivity contribution in [2.24, 2.45) is 11.1 Å². The van der Waals surface area contributed by atoms with Crippen LogP contribution in [0.15, 0.2) is 23.1 Å². The van der Waals surface area contributed by atoms with Crippen molar-refractivity contribution in [3.8, 4) is 0 Å². The van der Waals surface area contributed by atoms with Gasteiger partial charge >= 0.3 is 0 Å². The number of thioether (sulfide) groups is 1. The summed E-state index contributed by atoms with van der Waals surface area (Å²) in [4.78, 5) is 0.324. The Morgan fingerprint density at radius 3 is 2.44 bits per heavy atom. The van der Waals surface area contributed by atoms with Crippen LogP contribution >= 0.6 is 11.8 Å². The first-order valence-corrected chi connectivity index (χ1v) is 6.04. The molecule has 0 saturated carbocycles. The average molecular weight is 245 g/mol. The van der Waals surface area contributed by atoms with Crippen LogP contribution in [0.3, 0.4) is 0 Å². The van der Waals surface area contributed by atoms with Crippen molar-refractivity contribution < 1.29 is 8.78 Å². The molecule has 1 unspecified atom stereocenters. The summed E-state index contributed by atoms with van der Waals surface area (Å²) in [5.41, 5.74) is 5.61. The van der Waals surface area contributed by atoms with Crippen molar-refractivity contribution in [3.05, 3.63) is 29.8 Å². The van der Waals surface area contributed by atoms with Crippen LogP contribution in [0.5, 0.6) is 0 Å². The van der Waals surface area contributed by atoms with E-state index in [1.165, 1.54) is 17.8 Å². The number of halogens is 2. The Hall–Kier alpha value is -0.610. The van der Waals surface area contributed by atoms with Gasteiger partial charge in [-0.05, 0) is 23.6 Å². The summed E-state index contributed by atoms with van der Waals surface area (Å²) in [6.45, 7) is 6.54. The fourth-order valence-corrected chi connectivity index (χ4v) is 2.42. The molecule has 0 spiro atoms. The molecule has 0 heterocycles. The van der Waals surface area contributed by atoms with E-state index in [1.54, 1.807) is 0 Å². The molecule has 0 bridgehead atoms. The SMILES string of the molecule is CC(C)(C)C(CN)Sc1cc(F)ccc1F. The van der Waals surface area contributed by atoms with E-state index >= 15 is 0 Å². The van der Waals surface area contributed by atoms with E-state index in [-0.39, 0.29) is 10.7 Å². The van der Waals surface area contributed by atoms with Gasteiger partial charge in [0.1, 0.15) is 11.6 Å². The zero-order valence-corrected chi connectivity index (χ0v) is 10.6. The van der Waals surface area contributed by atoms with Gasteiger partial charge in [-0.1, -0.05) is 20.8 Å². The molecule has 1 rings (SSSR count). The largest absolute Gasteiger partial charge is 0.329 e. The van der Waals surface area contributed by atoms with Crippen LogP contribution < -0.4 is 5.73 Å². The van der Waals surface area contributed by atoms with Crippen LogP contribution in [0, 0.1) is 17.0 Å². The molecule has 1 aromatic rings. The highest BCUT2D eigenvalue weighted by Gasteiger charge is 2.25. The topological polar surface area (TPSA) is 26.0 Å². The molecule has 0 saturated heterocycles. The van der Waals surface area contributed by atoms with Crippen LogP contribution in [0.4, 0.5) is 8.78 Å². The molecule has 0 aromatic heterocycles. The summed E-state index contributed by atoms with van der Waals surface area (Å²) in [6, 6.07) is 3.48. The van der Waals surface area contributed by atoms with E-state index in [4.69, 9.17) is 5.73 Å². The highest BCUT2D eigenvalue weighted by Crippen LogP contribution is 2.36. The molecular weight excluding hydrogens is 228 g/mol. The lowest BCUT2D eigenvalue weighted by atomic mass is 9.92. The van der Waals surface area contributed by atoms with Gasteiger partial charge in [0.05, 0.1) is 0 Å². The van der Waals surface area contributed by atoms with Gasteiger partial charge in [0.2, 0.25) is 0 Å². The number of rotatable bonds is 3. The summed E-state index contributed by atoms with van der Waals surface area (Å²) >= 11 is 1.30. The minimum atomic E-state index is -0.423. The summed E-state index contributed by atoms with van der Waals surface area (Å²) in [5.74, 6) is -0.817. The Morgan fingerprint density at radius 2 is 1.94 bits per heavy atom. The van der Waals surface area contributed by atoms with Crippen molar-refractivity contribution in [1.29, 1.82) is 0 Å². The molecule has 0 aliphatic heterocycles. The third-order valence-corrected chi connectivity index (χ3v) is 4.09. The maximum atomic E-state index is 13.4. The van der Waals surface area contributed by atoms with Gasteiger partial charge in [0.25, 0.3) is 0 Å². The van der Waals surface area contributed by atoms with Crippen LogP contribution in [-0.4, -0.2) is 11.8 Å². The molecular formula is C12H17F2NS. The molecule has 90 valence electrons. The fraction of sp³-hybridized carbons (Fsp3) is 0.500. The summed E-state index contributed by atoms with van der Waals surface area (Å²) in [7, 11) is 0. The average Bonchev–Trinajstić information content (AvgIpc) is 2.17. The smallest absolute Gasteiger partial charge is 0.136 e. The van der Waals surface area contributed by atoms with Crippen molar-refractivity contribution >= 4 is 11.8 Å². The van der Waals surface area contributed by atoms with Gasteiger partial charge in [-0.3, -0.25) is 0 Å². The predicted octanol–water partition coefficient (Wildman–Crippen LogP) is 3.43. The number of hydrogen-bond donors (Lipinski definition) is 1. The zero-order valence-electron chi connectivity index (χ0n) is 9.76. The van der Waals surface area contributed by atoms with Gasteiger partial charge in [0.15, 0.2) is 0 Å². The van der Waals surface area contributed by atoms with Crippen LogP contribution in [0.25, 0.3) is 0 Å². The molecule has 4 heteroatoms. The normalized spacial score (nSPS) is 13.9. The van der Waals surface area contributed by atoms with E-state index in [9.17, 15) is 8.78 Å². The van der Waals surface area contributed by atoms with Gasteiger partial charge in [0, 0.05) is 16.7 Å². The van der Waals surface area contributed by atoms with E-state index in [2.05, 4.69) is 0 Å². The van der Waals surface area contributed by atoms with Crippen molar-refractivity contribution in [2.75, 3.05) is 6.54 Å². The third-order valence-electron chi connectivity index (χ3n) is 2.34. The molecule has 2 N–H and O–H groups in total. The highest BCUT2D eigenvalue weighted by molar-refractivity contribution is 8.00. The van der Waals surface area contributed by atoms with Gasteiger partial charge in [-0.25, -0.2) is 8.78 Å². The van der Waals surface area contributed by atoms with Gasteiger partial charge in [-0.2, -0.15) is 0 Å². The Kier molecular flexibility index (Phi) is 4.33. The quantitative estimate of drug-likeness (QED) is 0.826. The molecule has 0 amide bonds. The first-order chi connectivity index (χ1) is 7.34. The molecule has 1 atom stereocenters. The number of benzene rings is 1. The Balaban J connectivity index is 2.90. The van der Waals surface area contributed by atoms with E-state index < -0.39 is 11.6 Å². The third kappa shape index (κ3) is 3.46. The predicted molar refractivity (Wildman–Crippen MR) is 64.5 cm³/mol. The molecule has 0 radical (unpaired) electrons. The minimum Gasteiger partial charge on any atom is -0.329 e. The second-order valence-corrected chi connectivity index (χ2v) is 6.03. The summed E-state index contributed by atoms with van der Waals surface area (Å²) in [5, 5.41) is 0.0591. The maximum Gasteiger partial charge on any atom is 0.136 e. The van der Waals surface area contributed by atoms with Gasteiger partial charge < -0.3 is 5.73 Å². The zero-order chi connectivity index (χ0) is 12.3. The fourth-order valence-electron chi connectivity index (χ4n) is 1.30. The monoisotopic (exact) mass is 245 g/mol. The highest BCUT2D eigenvalue weighted by atomic mass is 32.2. The maximum absolute atomic E-state index is 13.4. The molecule has 0 aliphatic carbocycles. The van der Waals surface area contributed by atoms with Crippen LogP contribution in [-0.2, 0) is 0 Å². The Labute approximate surface area is 99.4 Å². The van der Waals surface area contributed by atoms with Crippen molar-refractivity contribution in [2.45, 2.75) is 30.9 Å². The molecule has 0 aliphatic rings. The lowest BCUT2D eigenvalue weighted by molar-refractivity contribution is 0.398. The van der Waals surface area contributed by atoms with Crippen LogP contribution in [0.1, 0.15) is 20.8 Å². The van der Waals surface area contributed by atoms with E-state index in [1.807, 2.05) is 20.8 Å². The van der Waals surface area contributed by atoms with Crippen molar-refractivity contribution in [1.82, 2.24) is 0 Å². The Bertz CT molecular complexity index is 361. The second-order valence-electron chi connectivity index (χ2n) is 4.78. The molecule has 1 aromatic carbocycles. The molecule has 0 fully saturated rings. The number of nitrogens with two attached hydrogens (primary N) is 1. The van der Waals surface area contributed by atoms with E-state index in [0.29, 0.717) is 11.4 Å². The van der Waals surface area contributed by atoms with Crippen molar-refractivity contribution in [3.63, 3.8) is 0 Å². The lowest BCUT2D eigenvalue weighted by Gasteiger charge is -2.29. The minimum absolute atomic E-state index is 0.0435. The summed E-state index contributed by atoms with van der Waals surface area (Å²) in [6.07, 6.45) is 0. The van der Waals surface area contributed by atoms with Crippen LogP contribution in [0.2, 0.25) is 0 Å². The summed E-state index contributed by atoms with van der Waals surface area (Å²) < 4.78 is 26.4. The Morgan fingerprint density at radius 1 is 1.31 bits per heavy atom. The number of hydrogen-bond acceptors (Lipinski definition) is 2. The first-order valence-electron chi connectivity index (χ1n) is 5.16. The standard InChI is InChI=1S/C12H17F2NS/c1-12(2,3)11(7-15)16-10-6-8(13)4-5-9(10)14/h4-6,11H,7,15H2,1-3H3. The van der Waals surface area contributed by atoms with Gasteiger partial charge in [-0.15, -0.1) is 11.8 Å². The first kappa shape index (κ1) is 13.5. The second kappa shape index (κ2) is 5.15.